The zero-order valence-electron chi connectivity index (χ0n) is 17.8. The molecule has 166 valence electrons. The van der Waals surface area contributed by atoms with Gasteiger partial charge >= 0.3 is 18.2 Å². The molecule has 0 saturated carbocycles. The van der Waals surface area contributed by atoms with Crippen LogP contribution in [-0.2, 0) is 25.6 Å². The van der Waals surface area contributed by atoms with E-state index < -0.39 is 34.7 Å². The normalized spacial score (nSPS) is 21.5. The summed E-state index contributed by atoms with van der Waals surface area (Å²) in [5.74, 6) is -0.509. The Morgan fingerprint density at radius 2 is 1.87 bits per heavy atom. The summed E-state index contributed by atoms with van der Waals surface area (Å²) in [6.45, 7) is 7.19. The number of piperidine rings is 1. The highest BCUT2D eigenvalue weighted by Crippen LogP contribution is 2.31. The molecule has 1 heterocycles. The van der Waals surface area contributed by atoms with E-state index in [0.717, 1.165) is 5.56 Å². The van der Waals surface area contributed by atoms with Crippen molar-refractivity contribution < 1.29 is 28.6 Å². The lowest BCUT2D eigenvalue weighted by Crippen LogP contribution is -2.62. The van der Waals surface area contributed by atoms with Crippen LogP contribution in [0, 0.1) is 0 Å². The third-order valence-electron chi connectivity index (χ3n) is 4.37. The summed E-state index contributed by atoms with van der Waals surface area (Å²) in [5, 5.41) is 2.71. The first-order valence-corrected chi connectivity index (χ1v) is 10.4. The molecule has 30 heavy (non-hydrogen) atoms. The number of rotatable bonds is 5. The van der Waals surface area contributed by atoms with E-state index in [4.69, 9.17) is 14.2 Å². The fraction of sp³-hybridized carbons (Fsp3) is 0.571. The first-order valence-electron chi connectivity index (χ1n) is 9.90. The molecular weight excluding hydrogens is 408 g/mol. The standard InChI is InChI=1S/C21H30N2O6S/c1-5-27-17(24)16-11-12-21(30,14-23(16)19(26)29-20(2,3)4)22-18(25)28-13-15-9-7-6-8-10-15/h6-10,16,30H,5,11-14H2,1-4H3,(H,22,25)/t16-,21-/m1/s1. The number of hydrogen-bond acceptors (Lipinski definition) is 7. The maximum Gasteiger partial charge on any atom is 0.411 e. The minimum atomic E-state index is -1.08. The molecule has 2 atom stereocenters. The number of benzene rings is 1. The molecule has 9 heteroatoms. The molecule has 1 aromatic carbocycles. The van der Waals surface area contributed by atoms with Crippen LogP contribution in [-0.4, -0.2) is 52.7 Å². The van der Waals surface area contributed by atoms with Gasteiger partial charge in [0.2, 0.25) is 0 Å². The molecule has 2 rings (SSSR count). The maximum absolute atomic E-state index is 12.7. The Bertz CT molecular complexity index is 752. The number of likely N-dealkylation sites (tertiary alicyclic amines) is 1. The number of nitrogens with zero attached hydrogens (tertiary/aromatic N) is 1. The van der Waals surface area contributed by atoms with Gasteiger partial charge in [-0.2, -0.15) is 0 Å². The molecule has 1 aliphatic heterocycles. The van der Waals surface area contributed by atoms with E-state index in [2.05, 4.69) is 17.9 Å². The molecule has 0 spiro atoms. The van der Waals surface area contributed by atoms with Gasteiger partial charge < -0.3 is 19.5 Å². The topological polar surface area (TPSA) is 94.2 Å². The number of ether oxygens (including phenoxy) is 3. The maximum atomic E-state index is 12.7. The average Bonchev–Trinajstić information content (AvgIpc) is 2.65. The van der Waals surface area contributed by atoms with Gasteiger partial charge in [-0.05, 0) is 46.1 Å². The van der Waals surface area contributed by atoms with Gasteiger partial charge in [0, 0.05) is 0 Å². The van der Waals surface area contributed by atoms with Gasteiger partial charge in [0.05, 0.1) is 13.2 Å². The van der Waals surface area contributed by atoms with Gasteiger partial charge in [-0.25, -0.2) is 14.4 Å². The van der Waals surface area contributed by atoms with Crippen molar-refractivity contribution in [1.29, 1.82) is 0 Å². The lowest BCUT2D eigenvalue weighted by atomic mass is 9.98. The summed E-state index contributed by atoms with van der Waals surface area (Å²) in [5.41, 5.74) is 0.108. The Hall–Kier alpha value is -2.42. The summed E-state index contributed by atoms with van der Waals surface area (Å²) in [6, 6.07) is 8.47. The van der Waals surface area contributed by atoms with Crippen molar-refractivity contribution in [3.05, 3.63) is 35.9 Å². The smallest absolute Gasteiger partial charge is 0.411 e. The molecule has 1 N–H and O–H groups in total. The molecule has 0 aliphatic carbocycles. The van der Waals surface area contributed by atoms with Crippen molar-refractivity contribution in [3.63, 3.8) is 0 Å². The monoisotopic (exact) mass is 438 g/mol. The van der Waals surface area contributed by atoms with Gasteiger partial charge in [-0.15, -0.1) is 12.6 Å². The van der Waals surface area contributed by atoms with E-state index in [0.29, 0.717) is 6.42 Å². The average molecular weight is 439 g/mol. The molecular formula is C21H30N2O6S. The Morgan fingerprint density at radius 1 is 1.20 bits per heavy atom. The summed E-state index contributed by atoms with van der Waals surface area (Å²) in [7, 11) is 0. The lowest BCUT2D eigenvalue weighted by molar-refractivity contribution is -0.151. The quantitative estimate of drug-likeness (QED) is 0.316. The molecule has 1 aliphatic rings. The highest BCUT2D eigenvalue weighted by Gasteiger charge is 2.45. The first-order chi connectivity index (χ1) is 14.0. The van der Waals surface area contributed by atoms with Gasteiger partial charge in [-0.3, -0.25) is 4.90 Å². The van der Waals surface area contributed by atoms with Crippen molar-refractivity contribution in [3.8, 4) is 0 Å². The van der Waals surface area contributed by atoms with Crippen molar-refractivity contribution in [2.75, 3.05) is 13.2 Å². The van der Waals surface area contributed by atoms with Crippen LogP contribution in [0.3, 0.4) is 0 Å². The van der Waals surface area contributed by atoms with Crippen molar-refractivity contribution in [2.45, 2.75) is 63.7 Å². The number of alkyl carbamates (subject to hydrolysis) is 1. The summed E-state index contributed by atoms with van der Waals surface area (Å²) >= 11 is 4.58. The van der Waals surface area contributed by atoms with Crippen LogP contribution >= 0.6 is 12.6 Å². The minimum Gasteiger partial charge on any atom is -0.464 e. The molecule has 0 bridgehead atoms. The highest BCUT2D eigenvalue weighted by molar-refractivity contribution is 7.81. The van der Waals surface area contributed by atoms with Crippen molar-refractivity contribution >= 4 is 30.8 Å². The zero-order valence-corrected chi connectivity index (χ0v) is 18.7. The van der Waals surface area contributed by atoms with E-state index in [9.17, 15) is 14.4 Å². The molecule has 0 aromatic heterocycles. The zero-order chi connectivity index (χ0) is 22.4. The molecule has 8 nitrogen and oxygen atoms in total. The minimum absolute atomic E-state index is 0.0328. The third-order valence-corrected chi connectivity index (χ3v) is 4.85. The molecule has 0 radical (unpaired) electrons. The Balaban J connectivity index is 2.06. The summed E-state index contributed by atoms with van der Waals surface area (Å²) < 4.78 is 15.8. The highest BCUT2D eigenvalue weighted by atomic mass is 32.1. The van der Waals surface area contributed by atoms with Crippen LogP contribution in [0.2, 0.25) is 0 Å². The number of hydrogen-bond donors (Lipinski definition) is 2. The molecule has 1 fully saturated rings. The Morgan fingerprint density at radius 3 is 2.47 bits per heavy atom. The second-order valence-corrected chi connectivity index (χ2v) is 8.99. The van der Waals surface area contributed by atoms with Gasteiger partial charge in [0.25, 0.3) is 0 Å². The Labute approximate surface area is 182 Å². The largest absolute Gasteiger partial charge is 0.464 e. The number of carbonyl (C=O) groups excluding carboxylic acids is 3. The van der Waals surface area contributed by atoms with Crippen LogP contribution < -0.4 is 5.32 Å². The van der Waals surface area contributed by atoms with E-state index in [-0.39, 0.29) is 26.2 Å². The second kappa shape index (κ2) is 10.1. The SMILES string of the molecule is CCOC(=O)[C@H]1CC[C@](S)(NC(=O)OCc2ccccc2)CN1C(=O)OC(C)(C)C. The third kappa shape index (κ3) is 7.12. The fourth-order valence-electron chi connectivity index (χ4n) is 3.05. The number of carbonyl (C=O) groups is 3. The van der Waals surface area contributed by atoms with Crippen molar-refractivity contribution in [1.82, 2.24) is 10.2 Å². The van der Waals surface area contributed by atoms with Crippen LogP contribution in [0.5, 0.6) is 0 Å². The summed E-state index contributed by atoms with van der Waals surface area (Å²) in [4.78, 5) is 37.6. The van der Waals surface area contributed by atoms with Crippen molar-refractivity contribution in [2.24, 2.45) is 0 Å². The van der Waals surface area contributed by atoms with Gasteiger partial charge in [0.15, 0.2) is 0 Å². The fourth-order valence-corrected chi connectivity index (χ4v) is 3.42. The lowest BCUT2D eigenvalue weighted by Gasteiger charge is -2.43. The number of thiol groups is 1. The molecule has 1 aromatic rings. The van der Waals surface area contributed by atoms with Crippen LogP contribution in [0.15, 0.2) is 30.3 Å². The van der Waals surface area contributed by atoms with E-state index in [1.165, 1.54) is 4.90 Å². The predicted octanol–water partition coefficient (Wildman–Crippen LogP) is 3.50. The Kier molecular flexibility index (Phi) is 8.00. The van der Waals surface area contributed by atoms with E-state index in [1.807, 2.05) is 30.3 Å². The van der Waals surface area contributed by atoms with Crippen LogP contribution in [0.25, 0.3) is 0 Å². The van der Waals surface area contributed by atoms with E-state index >= 15 is 0 Å². The van der Waals surface area contributed by atoms with Gasteiger partial charge in [0.1, 0.15) is 23.1 Å². The second-order valence-electron chi connectivity index (χ2n) is 8.13. The van der Waals surface area contributed by atoms with E-state index in [1.54, 1.807) is 27.7 Å². The number of esters is 1. The number of nitrogens with one attached hydrogen (secondary N) is 1. The molecule has 2 amide bonds. The first kappa shape index (κ1) is 23.9. The van der Waals surface area contributed by atoms with Gasteiger partial charge in [-0.1, -0.05) is 30.3 Å². The van der Waals surface area contributed by atoms with Crippen LogP contribution in [0.4, 0.5) is 9.59 Å². The summed E-state index contributed by atoms with van der Waals surface area (Å²) in [6.07, 6.45) is -0.717. The number of amides is 2. The predicted molar refractivity (Wildman–Crippen MR) is 114 cm³/mol. The molecule has 1 saturated heterocycles. The molecule has 0 unspecified atom stereocenters. The van der Waals surface area contributed by atoms with Crippen LogP contribution in [0.1, 0.15) is 46.1 Å².